The first-order chi connectivity index (χ1) is 9.50. The molecule has 1 heterocycles. The lowest BCUT2D eigenvalue weighted by atomic mass is 10.1. The lowest BCUT2D eigenvalue weighted by molar-refractivity contribution is -0.147. The Morgan fingerprint density at radius 3 is 2.33 bits per heavy atom. The number of rotatable bonds is 6. The molecule has 21 heavy (non-hydrogen) atoms. The van der Waals surface area contributed by atoms with Gasteiger partial charge in [0.25, 0.3) is 0 Å². The third-order valence-corrected chi connectivity index (χ3v) is 3.08. The van der Waals surface area contributed by atoms with Crippen LogP contribution in [0.2, 0.25) is 0 Å². The zero-order valence-electron chi connectivity index (χ0n) is 13.4. The van der Waals surface area contributed by atoms with Crippen LogP contribution in [0.1, 0.15) is 44.8 Å². The Kier molecular flexibility index (Phi) is 5.87. The number of furan rings is 1. The fourth-order valence-electron chi connectivity index (χ4n) is 1.94. The molecule has 6 heteroatoms. The normalized spacial score (nSPS) is 13.2. The summed E-state index contributed by atoms with van der Waals surface area (Å²) >= 11 is 0. The van der Waals surface area contributed by atoms with E-state index in [0.717, 1.165) is 11.3 Å². The summed E-state index contributed by atoms with van der Waals surface area (Å²) in [7, 11) is 0. The van der Waals surface area contributed by atoms with Crippen molar-refractivity contribution in [3.63, 3.8) is 0 Å². The van der Waals surface area contributed by atoms with Gasteiger partial charge in [0.1, 0.15) is 11.5 Å². The molecule has 122 valence electrons. The van der Waals surface area contributed by atoms with Gasteiger partial charge in [0, 0.05) is 5.54 Å². The Morgan fingerprint density at radius 2 is 1.86 bits per heavy atom. The van der Waals surface area contributed by atoms with E-state index in [4.69, 9.17) is 4.42 Å². The molecule has 0 aliphatic carbocycles. The van der Waals surface area contributed by atoms with E-state index in [1.165, 1.54) is 4.90 Å². The number of aryl methyl sites for hydroxylation is 1. The van der Waals surface area contributed by atoms with Gasteiger partial charge in [-0.2, -0.15) is 13.2 Å². The highest BCUT2D eigenvalue weighted by molar-refractivity contribution is 5.20. The first-order valence-corrected chi connectivity index (χ1v) is 7.12. The molecule has 1 N–H and O–H groups in total. The number of hydrogen-bond donors (Lipinski definition) is 1. The average molecular weight is 306 g/mol. The van der Waals surface area contributed by atoms with E-state index >= 15 is 0 Å². The quantitative estimate of drug-likeness (QED) is 0.865. The van der Waals surface area contributed by atoms with Gasteiger partial charge in [-0.3, -0.25) is 4.90 Å². The van der Waals surface area contributed by atoms with E-state index < -0.39 is 12.7 Å². The number of hydrogen-bond acceptors (Lipinski definition) is 3. The van der Waals surface area contributed by atoms with E-state index in [1.54, 1.807) is 6.92 Å². The van der Waals surface area contributed by atoms with Crippen molar-refractivity contribution in [1.82, 2.24) is 10.2 Å². The zero-order chi connectivity index (χ0) is 16.3. The Bertz CT molecular complexity index is 447. The summed E-state index contributed by atoms with van der Waals surface area (Å²) < 4.78 is 43.0. The maximum atomic E-state index is 12.4. The molecule has 3 nitrogen and oxygen atoms in total. The summed E-state index contributed by atoms with van der Waals surface area (Å²) in [5.41, 5.74) is 0.926. The molecule has 0 aliphatic heterocycles. The Hall–Kier alpha value is -1.01. The van der Waals surface area contributed by atoms with Crippen LogP contribution in [0.4, 0.5) is 13.2 Å². The van der Waals surface area contributed by atoms with Gasteiger partial charge in [-0.1, -0.05) is 6.92 Å². The largest absolute Gasteiger partial charge is 0.463 e. The van der Waals surface area contributed by atoms with Crippen LogP contribution in [0.3, 0.4) is 0 Å². The molecule has 0 fully saturated rings. The second-order valence-electron chi connectivity index (χ2n) is 6.34. The minimum atomic E-state index is -4.19. The summed E-state index contributed by atoms with van der Waals surface area (Å²) in [4.78, 5) is 1.32. The number of alkyl halides is 3. The Balaban J connectivity index is 2.68. The van der Waals surface area contributed by atoms with E-state index in [1.807, 2.05) is 33.8 Å². The van der Waals surface area contributed by atoms with Crippen LogP contribution in [-0.2, 0) is 13.1 Å². The van der Waals surface area contributed by atoms with Gasteiger partial charge in [-0.25, -0.2) is 0 Å². The van der Waals surface area contributed by atoms with Crippen LogP contribution in [-0.4, -0.2) is 29.7 Å². The van der Waals surface area contributed by atoms with Crippen molar-refractivity contribution in [3.8, 4) is 0 Å². The molecule has 1 aromatic rings. The number of halogens is 3. The third kappa shape index (κ3) is 7.00. The fourth-order valence-corrected chi connectivity index (χ4v) is 1.94. The number of nitrogens with zero attached hydrogens (tertiary/aromatic N) is 1. The summed E-state index contributed by atoms with van der Waals surface area (Å²) in [5.74, 6) is 1.35. The van der Waals surface area contributed by atoms with Crippen LogP contribution >= 0.6 is 0 Å². The van der Waals surface area contributed by atoms with Crippen LogP contribution in [0, 0.1) is 6.92 Å². The zero-order valence-corrected chi connectivity index (χ0v) is 13.4. The molecule has 1 rings (SSSR count). The molecule has 0 spiro atoms. The monoisotopic (exact) mass is 306 g/mol. The van der Waals surface area contributed by atoms with Gasteiger partial charge in [0.05, 0.1) is 19.6 Å². The van der Waals surface area contributed by atoms with Crippen molar-refractivity contribution < 1.29 is 17.6 Å². The first kappa shape index (κ1) is 18.0. The lowest BCUT2D eigenvalue weighted by Gasteiger charge is -2.21. The standard InChI is InChI=1S/C15H25F3N2O/c1-6-20(10-15(16,17)18)9-12-7-11(2)13(21-12)8-19-14(3,4)5/h7,19H,6,8-10H2,1-5H3. The van der Waals surface area contributed by atoms with Crippen molar-refractivity contribution >= 4 is 0 Å². The Morgan fingerprint density at radius 1 is 1.24 bits per heavy atom. The summed E-state index contributed by atoms with van der Waals surface area (Å²) in [6, 6.07) is 1.82. The highest BCUT2D eigenvalue weighted by Crippen LogP contribution is 2.21. The first-order valence-electron chi connectivity index (χ1n) is 7.12. The highest BCUT2D eigenvalue weighted by atomic mass is 19.4. The molecular formula is C15H25F3N2O. The molecule has 1 aromatic heterocycles. The van der Waals surface area contributed by atoms with E-state index in [-0.39, 0.29) is 12.1 Å². The van der Waals surface area contributed by atoms with Gasteiger partial charge in [-0.15, -0.1) is 0 Å². The second-order valence-corrected chi connectivity index (χ2v) is 6.34. The molecule has 0 aliphatic rings. The van der Waals surface area contributed by atoms with Crippen LogP contribution < -0.4 is 5.32 Å². The minimum absolute atomic E-state index is 0.0366. The predicted octanol–water partition coefficient (Wildman–Crippen LogP) is 3.86. The van der Waals surface area contributed by atoms with Crippen molar-refractivity contribution in [2.75, 3.05) is 13.1 Å². The average Bonchev–Trinajstić information content (AvgIpc) is 2.63. The van der Waals surface area contributed by atoms with Crippen LogP contribution in [0.15, 0.2) is 10.5 Å². The van der Waals surface area contributed by atoms with Gasteiger partial charge in [0.2, 0.25) is 0 Å². The minimum Gasteiger partial charge on any atom is -0.463 e. The maximum Gasteiger partial charge on any atom is 0.401 e. The van der Waals surface area contributed by atoms with E-state index in [2.05, 4.69) is 5.32 Å². The lowest BCUT2D eigenvalue weighted by Crippen LogP contribution is -2.35. The topological polar surface area (TPSA) is 28.4 Å². The summed E-state index contributed by atoms with van der Waals surface area (Å²) in [6.45, 7) is 9.92. The molecule has 0 bridgehead atoms. The van der Waals surface area contributed by atoms with Gasteiger partial charge >= 0.3 is 6.18 Å². The smallest absolute Gasteiger partial charge is 0.401 e. The molecule has 0 saturated carbocycles. The number of nitrogens with one attached hydrogen (secondary N) is 1. The van der Waals surface area contributed by atoms with Crippen molar-refractivity contribution in [2.45, 2.75) is 59.4 Å². The predicted molar refractivity (Wildman–Crippen MR) is 77.0 cm³/mol. The maximum absolute atomic E-state index is 12.4. The van der Waals surface area contributed by atoms with E-state index in [0.29, 0.717) is 18.8 Å². The van der Waals surface area contributed by atoms with Gasteiger partial charge in [-0.05, 0) is 45.9 Å². The SMILES string of the molecule is CCN(Cc1cc(C)c(CNC(C)(C)C)o1)CC(F)(F)F. The molecule has 0 atom stereocenters. The highest BCUT2D eigenvalue weighted by Gasteiger charge is 2.30. The van der Waals surface area contributed by atoms with Crippen molar-refractivity contribution in [1.29, 1.82) is 0 Å². The van der Waals surface area contributed by atoms with Gasteiger partial charge < -0.3 is 9.73 Å². The molecule has 0 unspecified atom stereocenters. The van der Waals surface area contributed by atoms with Gasteiger partial charge in [0.15, 0.2) is 0 Å². The molecule has 0 saturated heterocycles. The molecule has 0 amide bonds. The fraction of sp³-hybridized carbons (Fsp3) is 0.733. The third-order valence-electron chi connectivity index (χ3n) is 3.08. The van der Waals surface area contributed by atoms with Crippen LogP contribution in [0.25, 0.3) is 0 Å². The summed E-state index contributed by atoms with van der Waals surface area (Å²) in [5, 5.41) is 3.31. The molecular weight excluding hydrogens is 281 g/mol. The summed E-state index contributed by atoms with van der Waals surface area (Å²) in [6.07, 6.45) is -4.19. The van der Waals surface area contributed by atoms with Crippen molar-refractivity contribution in [2.24, 2.45) is 0 Å². The van der Waals surface area contributed by atoms with Crippen LogP contribution in [0.5, 0.6) is 0 Å². The molecule has 0 aromatic carbocycles. The second kappa shape index (κ2) is 6.83. The van der Waals surface area contributed by atoms with Crippen molar-refractivity contribution in [3.05, 3.63) is 23.2 Å². The molecule has 0 radical (unpaired) electrons. The van der Waals surface area contributed by atoms with E-state index in [9.17, 15) is 13.2 Å². The Labute approximate surface area is 124 Å².